The number of nitrogens with two attached hydrogens (primary N) is 1. The van der Waals surface area contributed by atoms with Crippen molar-refractivity contribution in [2.24, 2.45) is 11.7 Å². The number of hydrogen-bond acceptors (Lipinski definition) is 4. The van der Waals surface area contributed by atoms with E-state index in [2.05, 4.69) is 30.7 Å². The van der Waals surface area contributed by atoms with E-state index in [1.807, 2.05) is 6.20 Å². The number of likely N-dealkylation sites (tertiary alicyclic amines) is 1. The molecule has 1 atom stereocenters. The fourth-order valence-electron chi connectivity index (χ4n) is 2.16. The van der Waals surface area contributed by atoms with Gasteiger partial charge >= 0.3 is 0 Å². The summed E-state index contributed by atoms with van der Waals surface area (Å²) in [6.07, 6.45) is 2.85. The van der Waals surface area contributed by atoms with Crippen LogP contribution < -0.4 is 5.73 Å². The van der Waals surface area contributed by atoms with Crippen molar-refractivity contribution in [3.05, 3.63) is 16.1 Å². The van der Waals surface area contributed by atoms with Crippen molar-refractivity contribution in [2.75, 3.05) is 13.1 Å². The maximum Gasteiger partial charge on any atom is 0.221 e. The van der Waals surface area contributed by atoms with Crippen LogP contribution in [0.15, 0.2) is 6.20 Å². The third kappa shape index (κ3) is 3.09. The highest BCUT2D eigenvalue weighted by atomic mass is 32.1. The molecule has 0 saturated carbocycles. The second-order valence-corrected chi connectivity index (χ2v) is 7.12. The fourth-order valence-corrected chi connectivity index (χ4v) is 3.17. The summed E-state index contributed by atoms with van der Waals surface area (Å²) in [5, 5.41) is 1.17. The van der Waals surface area contributed by atoms with Gasteiger partial charge < -0.3 is 5.73 Å². The summed E-state index contributed by atoms with van der Waals surface area (Å²) in [5.41, 5.74) is 5.45. The average Bonchev–Trinajstić information content (AvgIpc) is 2.85. The lowest BCUT2D eigenvalue weighted by molar-refractivity contribution is -0.121. The molecule has 18 heavy (non-hydrogen) atoms. The van der Waals surface area contributed by atoms with Crippen molar-refractivity contribution in [3.63, 3.8) is 0 Å². The minimum atomic E-state index is -0.169. The smallest absolute Gasteiger partial charge is 0.221 e. The van der Waals surface area contributed by atoms with Gasteiger partial charge in [-0.15, -0.1) is 11.3 Å². The molecule has 5 heteroatoms. The zero-order chi connectivity index (χ0) is 13.3. The number of amides is 1. The molecule has 0 spiro atoms. The Kier molecular flexibility index (Phi) is 3.73. The summed E-state index contributed by atoms with van der Waals surface area (Å²) in [4.78, 5) is 19.2. The highest BCUT2D eigenvalue weighted by Gasteiger charge is 2.27. The topological polar surface area (TPSA) is 59.2 Å². The van der Waals surface area contributed by atoms with E-state index in [4.69, 9.17) is 5.73 Å². The van der Waals surface area contributed by atoms with Gasteiger partial charge in [-0.25, -0.2) is 4.98 Å². The third-order valence-corrected chi connectivity index (χ3v) is 4.66. The Balaban J connectivity index is 1.95. The van der Waals surface area contributed by atoms with Gasteiger partial charge in [-0.2, -0.15) is 0 Å². The van der Waals surface area contributed by atoms with Crippen LogP contribution in [-0.4, -0.2) is 28.9 Å². The van der Waals surface area contributed by atoms with Crippen LogP contribution in [0.1, 0.15) is 37.1 Å². The Morgan fingerprint density at radius 2 is 2.33 bits per heavy atom. The minimum absolute atomic E-state index is 0.0278. The maximum absolute atomic E-state index is 11.1. The number of thiazole rings is 1. The Morgan fingerprint density at radius 1 is 1.61 bits per heavy atom. The number of hydrogen-bond donors (Lipinski definition) is 1. The van der Waals surface area contributed by atoms with E-state index in [-0.39, 0.29) is 17.2 Å². The molecule has 2 N–H and O–H groups in total. The number of rotatable bonds is 3. The molecule has 1 aromatic rings. The summed E-state index contributed by atoms with van der Waals surface area (Å²) < 4.78 is 0. The lowest BCUT2D eigenvalue weighted by Crippen LogP contribution is -2.27. The van der Waals surface area contributed by atoms with Gasteiger partial charge in [-0.05, 0) is 13.0 Å². The van der Waals surface area contributed by atoms with Gasteiger partial charge in [-0.1, -0.05) is 20.8 Å². The van der Waals surface area contributed by atoms with Crippen LogP contribution >= 0.6 is 11.3 Å². The van der Waals surface area contributed by atoms with E-state index in [0.717, 1.165) is 26.1 Å². The Bertz CT molecular complexity index is 436. The lowest BCUT2D eigenvalue weighted by Gasteiger charge is -2.15. The molecule has 1 aliphatic rings. The summed E-state index contributed by atoms with van der Waals surface area (Å²) in [6, 6.07) is 0. The van der Waals surface area contributed by atoms with Crippen molar-refractivity contribution in [1.29, 1.82) is 0 Å². The van der Waals surface area contributed by atoms with Crippen LogP contribution in [-0.2, 0) is 16.8 Å². The normalized spacial score (nSPS) is 21.4. The van der Waals surface area contributed by atoms with Crippen LogP contribution in [0.2, 0.25) is 0 Å². The summed E-state index contributed by atoms with van der Waals surface area (Å²) >= 11 is 1.77. The van der Waals surface area contributed by atoms with Crippen LogP contribution in [0.4, 0.5) is 0 Å². The van der Waals surface area contributed by atoms with Gasteiger partial charge in [0, 0.05) is 29.6 Å². The van der Waals surface area contributed by atoms with E-state index in [9.17, 15) is 4.79 Å². The summed E-state index contributed by atoms with van der Waals surface area (Å²) in [7, 11) is 0. The first-order chi connectivity index (χ1) is 8.36. The zero-order valence-corrected chi connectivity index (χ0v) is 12.1. The molecule has 0 bridgehead atoms. The van der Waals surface area contributed by atoms with Gasteiger partial charge in [0.2, 0.25) is 5.91 Å². The second-order valence-electron chi connectivity index (χ2n) is 6.00. The van der Waals surface area contributed by atoms with Crippen molar-refractivity contribution in [3.8, 4) is 0 Å². The molecular formula is C13H21N3OS. The Labute approximate surface area is 112 Å². The van der Waals surface area contributed by atoms with Gasteiger partial charge in [0.25, 0.3) is 0 Å². The molecule has 0 aromatic carbocycles. The minimum Gasteiger partial charge on any atom is -0.369 e. The first-order valence-corrected chi connectivity index (χ1v) is 7.15. The molecule has 1 saturated heterocycles. The number of nitrogens with zero attached hydrogens (tertiary/aromatic N) is 2. The van der Waals surface area contributed by atoms with Crippen LogP contribution in [0.5, 0.6) is 0 Å². The van der Waals surface area contributed by atoms with E-state index in [1.54, 1.807) is 11.3 Å². The predicted octanol–water partition coefficient (Wildman–Crippen LogP) is 1.75. The Morgan fingerprint density at radius 3 is 2.83 bits per heavy atom. The molecule has 2 rings (SSSR count). The van der Waals surface area contributed by atoms with Gasteiger partial charge in [0.05, 0.1) is 10.9 Å². The van der Waals surface area contributed by atoms with Crippen molar-refractivity contribution in [1.82, 2.24) is 9.88 Å². The maximum atomic E-state index is 11.1. The monoisotopic (exact) mass is 267 g/mol. The number of aromatic nitrogens is 1. The molecule has 0 aliphatic carbocycles. The van der Waals surface area contributed by atoms with E-state index >= 15 is 0 Å². The second kappa shape index (κ2) is 4.97. The number of carbonyl (C=O) groups excluding carboxylic acids is 1. The van der Waals surface area contributed by atoms with Crippen LogP contribution in [0, 0.1) is 5.92 Å². The SMILES string of the molecule is CC(C)(C)c1ncc(CN2CCC(C(N)=O)C2)s1. The standard InChI is InChI=1S/C13H21N3OS/c1-13(2,3)12-15-6-10(18-12)8-16-5-4-9(7-16)11(14)17/h6,9H,4-5,7-8H2,1-3H3,(H2,14,17). The molecule has 1 aromatic heterocycles. The summed E-state index contributed by atoms with van der Waals surface area (Å²) in [6.45, 7) is 9.16. The summed E-state index contributed by atoms with van der Waals surface area (Å²) in [5.74, 6) is -0.141. The molecule has 1 amide bonds. The molecule has 1 fully saturated rings. The molecule has 1 aliphatic heterocycles. The number of carbonyl (C=O) groups is 1. The fraction of sp³-hybridized carbons (Fsp3) is 0.692. The van der Waals surface area contributed by atoms with E-state index < -0.39 is 0 Å². The zero-order valence-electron chi connectivity index (χ0n) is 11.3. The first kappa shape index (κ1) is 13.5. The van der Waals surface area contributed by atoms with Crippen LogP contribution in [0.3, 0.4) is 0 Å². The predicted molar refractivity (Wildman–Crippen MR) is 73.4 cm³/mol. The molecule has 2 heterocycles. The Hall–Kier alpha value is -0.940. The van der Waals surface area contributed by atoms with Gasteiger partial charge in [0.1, 0.15) is 0 Å². The van der Waals surface area contributed by atoms with Crippen molar-refractivity contribution < 1.29 is 4.79 Å². The molecule has 1 unspecified atom stereocenters. The van der Waals surface area contributed by atoms with Crippen molar-refractivity contribution in [2.45, 2.75) is 39.2 Å². The molecule has 100 valence electrons. The quantitative estimate of drug-likeness (QED) is 0.907. The highest BCUT2D eigenvalue weighted by molar-refractivity contribution is 7.11. The van der Waals surface area contributed by atoms with Crippen molar-refractivity contribution >= 4 is 17.2 Å². The molecule has 0 radical (unpaired) electrons. The number of primary amides is 1. The third-order valence-electron chi connectivity index (χ3n) is 3.25. The van der Waals surface area contributed by atoms with E-state index in [1.165, 1.54) is 9.88 Å². The van der Waals surface area contributed by atoms with E-state index in [0.29, 0.717) is 0 Å². The lowest BCUT2D eigenvalue weighted by atomic mass is 9.98. The highest BCUT2D eigenvalue weighted by Crippen LogP contribution is 2.28. The average molecular weight is 267 g/mol. The first-order valence-electron chi connectivity index (χ1n) is 6.33. The van der Waals surface area contributed by atoms with Gasteiger partial charge in [-0.3, -0.25) is 9.69 Å². The van der Waals surface area contributed by atoms with Crippen LogP contribution in [0.25, 0.3) is 0 Å². The molecule has 4 nitrogen and oxygen atoms in total. The van der Waals surface area contributed by atoms with Gasteiger partial charge in [0.15, 0.2) is 0 Å². The molecular weight excluding hydrogens is 246 g/mol. The largest absolute Gasteiger partial charge is 0.369 e.